The molecular weight excluding hydrogens is 732 g/mol. The molecule has 55 heavy (non-hydrogen) atoms. The van der Waals surface area contributed by atoms with E-state index in [-0.39, 0.29) is 45.8 Å². The number of carbonyl (C=O) groups excluding carboxylic acids is 1. The minimum atomic E-state index is -1.87. The molecule has 0 amide bonds. The zero-order valence-corrected chi connectivity index (χ0v) is 28.9. The van der Waals surface area contributed by atoms with E-state index in [9.17, 15) is 55.5 Å². The van der Waals surface area contributed by atoms with E-state index in [0.29, 0.717) is 11.1 Å². The van der Waals surface area contributed by atoms with Crippen LogP contribution in [0.3, 0.4) is 0 Å². The molecule has 18 nitrogen and oxygen atoms in total. The molecule has 0 bridgehead atoms. The van der Waals surface area contributed by atoms with Gasteiger partial charge in [0.2, 0.25) is 19.2 Å². The van der Waals surface area contributed by atoms with Gasteiger partial charge in [0.05, 0.1) is 25.4 Å². The normalized spacial score (nSPS) is 28.2. The molecule has 294 valence electrons. The number of aromatic hydroxyl groups is 2. The fourth-order valence-corrected chi connectivity index (χ4v) is 5.91. The lowest BCUT2D eigenvalue weighted by molar-refractivity contribution is -0.277. The Morgan fingerprint density at radius 2 is 1.40 bits per heavy atom. The van der Waals surface area contributed by atoms with Crippen LogP contribution in [0.15, 0.2) is 76.0 Å². The molecule has 10 atom stereocenters. The molecule has 3 heterocycles. The van der Waals surface area contributed by atoms with Crippen molar-refractivity contribution in [3.05, 3.63) is 82.5 Å². The summed E-state index contributed by atoms with van der Waals surface area (Å²) in [4.78, 5) is 23.1. The van der Waals surface area contributed by atoms with Gasteiger partial charge in [-0.25, -0.2) is 0 Å². The van der Waals surface area contributed by atoms with E-state index in [1.165, 1.54) is 61.7 Å². The summed E-state index contributed by atoms with van der Waals surface area (Å²) in [7, 11) is 1.37. The summed E-state index contributed by atoms with van der Waals surface area (Å²) in [6, 6.07) is 13.4. The molecule has 18 heteroatoms. The van der Waals surface area contributed by atoms with Crippen molar-refractivity contribution in [1.29, 1.82) is 0 Å². The summed E-state index contributed by atoms with van der Waals surface area (Å²) in [5.74, 6) is -1.20. The number of methoxy groups -OCH3 is 1. The van der Waals surface area contributed by atoms with Crippen molar-refractivity contribution in [3.8, 4) is 51.4 Å². The number of hydrogen-bond donors (Lipinski definition) is 9. The van der Waals surface area contributed by atoms with E-state index >= 15 is 0 Å². The van der Waals surface area contributed by atoms with Crippen molar-refractivity contribution in [2.75, 3.05) is 20.3 Å². The quantitative estimate of drug-likeness (QED) is 0.0524. The Labute approximate surface area is 311 Å². The first-order valence-electron chi connectivity index (χ1n) is 16.8. The molecule has 4 aliphatic rings. The summed E-state index contributed by atoms with van der Waals surface area (Å²) >= 11 is 0. The fourth-order valence-electron chi connectivity index (χ4n) is 5.91. The van der Waals surface area contributed by atoms with E-state index in [0.717, 1.165) is 12.1 Å². The van der Waals surface area contributed by atoms with Gasteiger partial charge in [0.25, 0.3) is 0 Å². The standard InChI is InChI=1S/C37H38O18/c1-49-24-10-16(2-8-21(24)41)3-9-28(42)50-15-27-30(44)32(46)34(48)37(55-27)53-25-13-20-22(51-35(25)17-4-6-18(39)7-5-17)11-19(40)12-23(20)52-36-33(47)31(45)29(43)26(14-38)54-36/h2-13,26-27,29-34,36-39,41,43-48H,14-15H2,1H3/p+1/t26-,27-,29-,30-,31+,32+,33-,34-,36-,37-/m1/s1. The topological polar surface area (TPSA) is 289 Å². The molecule has 0 aromatic heterocycles. The number of aliphatic hydroxyl groups is 7. The van der Waals surface area contributed by atoms with Crippen LogP contribution in [0.5, 0.6) is 28.7 Å². The van der Waals surface area contributed by atoms with Gasteiger partial charge < -0.3 is 83.6 Å². The lowest BCUT2D eigenvalue weighted by Crippen LogP contribution is -2.60. The third kappa shape index (κ3) is 8.52. The van der Waals surface area contributed by atoms with Crippen LogP contribution in [0.2, 0.25) is 0 Å². The second-order valence-corrected chi connectivity index (χ2v) is 12.7. The number of rotatable bonds is 11. The molecule has 0 unspecified atom stereocenters. The van der Waals surface area contributed by atoms with E-state index in [1.807, 2.05) is 0 Å². The van der Waals surface area contributed by atoms with Crippen LogP contribution < -0.4 is 19.6 Å². The van der Waals surface area contributed by atoms with Crippen molar-refractivity contribution in [1.82, 2.24) is 0 Å². The van der Waals surface area contributed by atoms with Crippen LogP contribution in [-0.4, -0.2) is 138 Å². The molecule has 3 aliphatic heterocycles. The van der Waals surface area contributed by atoms with Crippen molar-refractivity contribution < 1.29 is 83.6 Å². The maximum atomic E-state index is 12.8. The van der Waals surface area contributed by atoms with Gasteiger partial charge in [-0.05, 0) is 54.1 Å². The predicted molar refractivity (Wildman–Crippen MR) is 187 cm³/mol. The Hall–Kier alpha value is -5.28. The summed E-state index contributed by atoms with van der Waals surface area (Å²) in [5, 5.41) is 92.8. The molecule has 6 rings (SSSR count). The second-order valence-electron chi connectivity index (χ2n) is 12.7. The molecular formula is C37H39O18+. The summed E-state index contributed by atoms with van der Waals surface area (Å²) in [6.07, 6.45) is -14.2. The number of ether oxygens (including phenoxy) is 6. The highest BCUT2D eigenvalue weighted by Crippen LogP contribution is 2.43. The van der Waals surface area contributed by atoms with Gasteiger partial charge >= 0.3 is 5.97 Å². The first kappa shape index (κ1) is 39.4. The monoisotopic (exact) mass is 771 g/mol. The lowest BCUT2D eigenvalue weighted by Gasteiger charge is -2.40. The van der Waals surface area contributed by atoms with Gasteiger partial charge in [-0.3, -0.25) is 4.79 Å². The molecule has 10 N–H and O–H groups in total. The summed E-state index contributed by atoms with van der Waals surface area (Å²) in [5.41, 5.74) is 0.234. The molecule has 2 aromatic carbocycles. The van der Waals surface area contributed by atoms with E-state index in [2.05, 4.69) is 0 Å². The number of phenols is 2. The number of benzene rings is 3. The molecule has 0 spiro atoms. The third-order valence-electron chi connectivity index (χ3n) is 8.94. The Kier molecular flexibility index (Phi) is 11.9. The van der Waals surface area contributed by atoms with Gasteiger partial charge in [0.15, 0.2) is 34.5 Å². The fraction of sp³-hybridized carbons (Fsp3) is 0.351. The molecule has 0 saturated carbocycles. The predicted octanol–water partition coefficient (Wildman–Crippen LogP) is -0.571. The van der Waals surface area contributed by atoms with E-state index in [1.54, 1.807) is 6.07 Å². The number of esters is 1. The Morgan fingerprint density at radius 1 is 0.764 bits per heavy atom. The Bertz CT molecular complexity index is 2010. The van der Waals surface area contributed by atoms with Crippen LogP contribution >= 0.6 is 0 Å². The van der Waals surface area contributed by atoms with Crippen LogP contribution in [-0.2, 0) is 14.2 Å². The molecule has 2 saturated heterocycles. The van der Waals surface area contributed by atoms with Gasteiger partial charge in [-0.15, -0.1) is 0 Å². The number of fused-ring (bicyclic) bond motifs is 1. The van der Waals surface area contributed by atoms with E-state index in [4.69, 9.17) is 32.8 Å². The van der Waals surface area contributed by atoms with E-state index < -0.39 is 86.0 Å². The van der Waals surface area contributed by atoms with Gasteiger partial charge in [0, 0.05) is 17.7 Å². The largest absolute Gasteiger partial charge is 0.510 e. The van der Waals surface area contributed by atoms with Crippen molar-refractivity contribution in [3.63, 3.8) is 0 Å². The lowest BCUT2D eigenvalue weighted by atomic mass is 9.99. The highest BCUT2D eigenvalue weighted by Gasteiger charge is 2.48. The molecule has 2 fully saturated rings. The third-order valence-corrected chi connectivity index (χ3v) is 8.94. The van der Waals surface area contributed by atoms with Crippen molar-refractivity contribution >= 4 is 12.0 Å². The first-order chi connectivity index (χ1) is 26.3. The Balaban J connectivity index is 1.28. The zero-order valence-electron chi connectivity index (χ0n) is 28.9. The smallest absolute Gasteiger partial charge is 0.508 e. The minimum absolute atomic E-state index is 0.0254. The summed E-state index contributed by atoms with van der Waals surface area (Å²) in [6.45, 7) is -1.29. The van der Waals surface area contributed by atoms with Crippen LogP contribution in [0.1, 0.15) is 5.56 Å². The highest BCUT2D eigenvalue weighted by atomic mass is 16.7. The molecule has 0 radical (unpaired) electrons. The van der Waals surface area contributed by atoms with Crippen LogP contribution in [0.4, 0.5) is 0 Å². The van der Waals surface area contributed by atoms with Crippen molar-refractivity contribution in [2.45, 2.75) is 61.4 Å². The molecule has 1 aliphatic carbocycles. The summed E-state index contributed by atoms with van der Waals surface area (Å²) < 4.78 is 39.6. The highest BCUT2D eigenvalue weighted by molar-refractivity contribution is 5.88. The second kappa shape index (κ2) is 16.6. The average molecular weight is 772 g/mol. The number of hydrogen-bond acceptors (Lipinski definition) is 17. The number of phenolic OH excluding ortho intramolecular Hbond substituents is 2. The van der Waals surface area contributed by atoms with Crippen LogP contribution in [0, 0.1) is 0 Å². The SMILES string of the molecule is COc1cc(C=CC(=[OH+])OC[C@H]2O[C@@H](Oc3cc4c(O[C@@H]5O[C@H](CO)[C@@H](O)[C@H](O)[C@H]5O)cc(=O)cc-4oc3-c3ccc(O)cc3)[C@H](O)[C@@H](O)[C@@H]2O)ccc1O. The van der Waals surface area contributed by atoms with Crippen molar-refractivity contribution in [2.24, 2.45) is 0 Å². The van der Waals surface area contributed by atoms with Crippen LogP contribution in [0.25, 0.3) is 28.7 Å². The van der Waals surface area contributed by atoms with Gasteiger partial charge in [-0.2, -0.15) is 0 Å². The Morgan fingerprint density at radius 3 is 2.05 bits per heavy atom. The molecule has 2 aromatic rings. The average Bonchev–Trinajstić information content (AvgIpc) is 3.17. The zero-order chi connectivity index (χ0) is 39.6. The minimum Gasteiger partial charge on any atom is -0.508 e. The number of aliphatic hydroxyl groups excluding tert-OH is 7. The maximum Gasteiger partial charge on any atom is 0.510 e. The van der Waals surface area contributed by atoms with Gasteiger partial charge in [-0.1, -0.05) is 6.07 Å². The first-order valence-corrected chi connectivity index (χ1v) is 16.8. The van der Waals surface area contributed by atoms with Gasteiger partial charge in [0.1, 0.15) is 60.0 Å². The maximum absolute atomic E-state index is 12.8.